The summed E-state index contributed by atoms with van der Waals surface area (Å²) >= 11 is 1.41. The van der Waals surface area contributed by atoms with Crippen LogP contribution < -0.4 is 10.1 Å². The fraction of sp³-hybridized carbons (Fsp3) is 0.0435. The van der Waals surface area contributed by atoms with Crippen molar-refractivity contribution in [3.05, 3.63) is 83.7 Å². The van der Waals surface area contributed by atoms with Crippen molar-refractivity contribution in [2.45, 2.75) is 0 Å². The van der Waals surface area contributed by atoms with Crippen molar-refractivity contribution in [2.24, 2.45) is 0 Å². The molecule has 0 atom stereocenters. The molecule has 28 heavy (non-hydrogen) atoms. The van der Waals surface area contributed by atoms with Gasteiger partial charge < -0.3 is 4.74 Å². The normalized spacial score (nSPS) is 11.0. The van der Waals surface area contributed by atoms with Gasteiger partial charge in [-0.15, -0.1) is 11.3 Å². The highest BCUT2D eigenvalue weighted by atomic mass is 32.1. The highest BCUT2D eigenvalue weighted by Gasteiger charge is 2.09. The lowest BCUT2D eigenvalue weighted by Crippen LogP contribution is -2.07. The van der Waals surface area contributed by atoms with Gasteiger partial charge in [-0.05, 0) is 34.5 Å². The molecule has 4 rings (SSSR count). The SMILES string of the molecule is COc1ccc(C=CC(=O)Nc2nc(-c3cccc4ccccc34)cs2)cc1. The number of hydrogen-bond donors (Lipinski definition) is 1. The molecule has 5 heteroatoms. The summed E-state index contributed by atoms with van der Waals surface area (Å²) in [6.07, 6.45) is 3.26. The van der Waals surface area contributed by atoms with Gasteiger partial charge in [0.15, 0.2) is 5.13 Å². The summed E-state index contributed by atoms with van der Waals surface area (Å²) in [5.74, 6) is 0.569. The van der Waals surface area contributed by atoms with E-state index in [0.29, 0.717) is 5.13 Å². The zero-order valence-electron chi connectivity index (χ0n) is 15.3. The molecule has 0 saturated carbocycles. The molecule has 1 heterocycles. The van der Waals surface area contributed by atoms with Crippen molar-refractivity contribution in [1.82, 2.24) is 4.98 Å². The molecule has 1 N–H and O–H groups in total. The predicted octanol–water partition coefficient (Wildman–Crippen LogP) is 5.62. The molecular weight excluding hydrogens is 368 g/mol. The maximum atomic E-state index is 12.2. The Kier molecular flexibility index (Phi) is 5.17. The molecule has 0 fully saturated rings. The smallest absolute Gasteiger partial charge is 0.250 e. The van der Waals surface area contributed by atoms with E-state index in [1.807, 2.05) is 53.9 Å². The van der Waals surface area contributed by atoms with Crippen LogP contribution >= 0.6 is 11.3 Å². The summed E-state index contributed by atoms with van der Waals surface area (Å²) in [5, 5.41) is 7.68. The van der Waals surface area contributed by atoms with Crippen LogP contribution in [0, 0.1) is 0 Å². The Balaban J connectivity index is 1.48. The van der Waals surface area contributed by atoms with Gasteiger partial charge in [0, 0.05) is 17.0 Å². The minimum absolute atomic E-state index is 0.213. The van der Waals surface area contributed by atoms with E-state index in [1.54, 1.807) is 13.2 Å². The molecule has 138 valence electrons. The van der Waals surface area contributed by atoms with Crippen molar-refractivity contribution < 1.29 is 9.53 Å². The molecule has 0 aliphatic rings. The van der Waals surface area contributed by atoms with Gasteiger partial charge in [0.25, 0.3) is 0 Å². The van der Waals surface area contributed by atoms with Crippen molar-refractivity contribution in [2.75, 3.05) is 12.4 Å². The lowest BCUT2D eigenvalue weighted by Gasteiger charge is -2.03. The number of aromatic nitrogens is 1. The van der Waals surface area contributed by atoms with E-state index in [-0.39, 0.29) is 5.91 Å². The second kappa shape index (κ2) is 8.06. The van der Waals surface area contributed by atoms with Gasteiger partial charge >= 0.3 is 0 Å². The lowest BCUT2D eigenvalue weighted by atomic mass is 10.0. The van der Waals surface area contributed by atoms with Crippen LogP contribution in [0.15, 0.2) is 78.2 Å². The van der Waals surface area contributed by atoms with Gasteiger partial charge in [-0.1, -0.05) is 54.6 Å². The number of hydrogen-bond acceptors (Lipinski definition) is 4. The predicted molar refractivity (Wildman–Crippen MR) is 116 cm³/mol. The second-order valence-corrected chi connectivity index (χ2v) is 7.02. The largest absolute Gasteiger partial charge is 0.497 e. The molecule has 0 aliphatic carbocycles. The summed E-state index contributed by atoms with van der Waals surface area (Å²) in [6, 6.07) is 21.9. The van der Waals surface area contributed by atoms with Crippen LogP contribution in [0.1, 0.15) is 5.56 Å². The number of rotatable bonds is 5. The zero-order valence-corrected chi connectivity index (χ0v) is 16.1. The molecule has 0 unspecified atom stereocenters. The molecule has 0 bridgehead atoms. The Morgan fingerprint density at radius 1 is 1.04 bits per heavy atom. The number of ether oxygens (including phenoxy) is 1. The fourth-order valence-corrected chi connectivity index (χ4v) is 3.65. The van der Waals surface area contributed by atoms with Gasteiger partial charge in [0.2, 0.25) is 5.91 Å². The number of anilines is 1. The van der Waals surface area contributed by atoms with Crippen LogP contribution in [-0.2, 0) is 4.79 Å². The van der Waals surface area contributed by atoms with Gasteiger partial charge in [0.1, 0.15) is 5.75 Å². The molecule has 1 amide bonds. The molecule has 0 radical (unpaired) electrons. The molecular formula is C23H18N2O2S. The molecule has 1 aromatic heterocycles. The van der Waals surface area contributed by atoms with Crippen molar-refractivity contribution >= 4 is 39.2 Å². The quantitative estimate of drug-likeness (QED) is 0.453. The van der Waals surface area contributed by atoms with Crippen molar-refractivity contribution in [3.8, 4) is 17.0 Å². The van der Waals surface area contributed by atoms with Gasteiger partial charge in [-0.2, -0.15) is 0 Å². The third-order valence-corrected chi connectivity index (χ3v) is 5.10. The first kappa shape index (κ1) is 17.9. The number of benzene rings is 3. The zero-order chi connectivity index (χ0) is 19.3. The topological polar surface area (TPSA) is 51.2 Å². The minimum Gasteiger partial charge on any atom is -0.497 e. The van der Waals surface area contributed by atoms with Crippen LogP contribution in [0.5, 0.6) is 5.75 Å². The number of methoxy groups -OCH3 is 1. The van der Waals surface area contributed by atoms with Crippen LogP contribution in [0.2, 0.25) is 0 Å². The number of fused-ring (bicyclic) bond motifs is 1. The van der Waals surface area contributed by atoms with Gasteiger partial charge in [-0.25, -0.2) is 4.98 Å². The summed E-state index contributed by atoms with van der Waals surface area (Å²) in [5.41, 5.74) is 2.84. The Bertz CT molecular complexity index is 1140. The van der Waals surface area contributed by atoms with E-state index >= 15 is 0 Å². The average Bonchev–Trinajstić information content (AvgIpc) is 3.20. The standard InChI is InChI=1S/C23H18N2O2S/c1-27-18-12-9-16(10-13-18)11-14-22(26)25-23-24-21(15-28-23)20-8-4-6-17-5-2-3-7-19(17)20/h2-15H,1H3,(H,24,25,26). The molecule has 0 saturated heterocycles. The Hall–Kier alpha value is -3.44. The summed E-state index contributed by atoms with van der Waals surface area (Å²) in [4.78, 5) is 16.8. The lowest BCUT2D eigenvalue weighted by molar-refractivity contribution is -0.111. The Morgan fingerprint density at radius 2 is 1.82 bits per heavy atom. The Labute approximate surface area is 167 Å². The van der Waals surface area contributed by atoms with E-state index in [0.717, 1.165) is 28.0 Å². The molecule has 4 nitrogen and oxygen atoms in total. The second-order valence-electron chi connectivity index (χ2n) is 6.16. The number of carbonyl (C=O) groups excluding carboxylic acids is 1. The summed E-state index contributed by atoms with van der Waals surface area (Å²) in [7, 11) is 1.62. The van der Waals surface area contributed by atoms with E-state index in [1.165, 1.54) is 22.8 Å². The van der Waals surface area contributed by atoms with Gasteiger partial charge in [-0.3, -0.25) is 10.1 Å². The number of carbonyl (C=O) groups is 1. The fourth-order valence-electron chi connectivity index (χ4n) is 2.94. The first-order chi connectivity index (χ1) is 13.7. The van der Waals surface area contributed by atoms with E-state index in [4.69, 9.17) is 4.74 Å². The maximum Gasteiger partial charge on any atom is 0.250 e. The number of thiazole rings is 1. The highest BCUT2D eigenvalue weighted by molar-refractivity contribution is 7.14. The van der Waals surface area contributed by atoms with Crippen molar-refractivity contribution in [1.29, 1.82) is 0 Å². The van der Waals surface area contributed by atoms with Crippen LogP contribution in [-0.4, -0.2) is 18.0 Å². The maximum absolute atomic E-state index is 12.2. The molecule has 3 aromatic carbocycles. The number of nitrogens with zero attached hydrogens (tertiary/aromatic N) is 1. The van der Waals surface area contributed by atoms with E-state index in [9.17, 15) is 4.79 Å². The van der Waals surface area contributed by atoms with Crippen LogP contribution in [0.25, 0.3) is 28.1 Å². The first-order valence-corrected chi connectivity index (χ1v) is 9.68. The number of nitrogens with one attached hydrogen (secondary N) is 1. The Morgan fingerprint density at radius 3 is 2.64 bits per heavy atom. The number of amides is 1. The van der Waals surface area contributed by atoms with Crippen LogP contribution in [0.3, 0.4) is 0 Å². The summed E-state index contributed by atoms with van der Waals surface area (Å²) < 4.78 is 5.13. The van der Waals surface area contributed by atoms with Crippen LogP contribution in [0.4, 0.5) is 5.13 Å². The minimum atomic E-state index is -0.213. The molecule has 0 spiro atoms. The summed E-state index contributed by atoms with van der Waals surface area (Å²) in [6.45, 7) is 0. The monoisotopic (exact) mass is 386 g/mol. The van der Waals surface area contributed by atoms with E-state index in [2.05, 4.69) is 28.5 Å². The third kappa shape index (κ3) is 3.94. The molecule has 4 aromatic rings. The molecule has 0 aliphatic heterocycles. The highest BCUT2D eigenvalue weighted by Crippen LogP contribution is 2.30. The van der Waals surface area contributed by atoms with Crippen molar-refractivity contribution in [3.63, 3.8) is 0 Å². The third-order valence-electron chi connectivity index (χ3n) is 4.34. The average molecular weight is 386 g/mol. The van der Waals surface area contributed by atoms with Gasteiger partial charge in [0.05, 0.1) is 12.8 Å². The van der Waals surface area contributed by atoms with E-state index < -0.39 is 0 Å². The first-order valence-electron chi connectivity index (χ1n) is 8.80.